The molecule has 2 saturated heterocycles. The van der Waals surface area contributed by atoms with Gasteiger partial charge in [0.05, 0.1) is 6.04 Å². The zero-order chi connectivity index (χ0) is 11.0. The lowest BCUT2D eigenvalue weighted by Gasteiger charge is -2.24. The summed E-state index contributed by atoms with van der Waals surface area (Å²) in [7, 11) is 0. The fourth-order valence-corrected chi connectivity index (χ4v) is 2.08. The number of hydrogen-bond donors (Lipinski definition) is 3. The van der Waals surface area contributed by atoms with Gasteiger partial charge in [0.15, 0.2) is 0 Å². The zero-order valence-corrected chi connectivity index (χ0v) is 7.90. The lowest BCUT2D eigenvalue weighted by atomic mass is 10.1. The minimum Gasteiger partial charge on any atom is -0.465 e. The molecule has 7 nitrogen and oxygen atoms in total. The summed E-state index contributed by atoms with van der Waals surface area (Å²) in [4.78, 5) is 34.3. The Morgan fingerprint density at radius 2 is 2.20 bits per heavy atom. The number of imide groups is 1. The van der Waals surface area contributed by atoms with Gasteiger partial charge in [-0.05, 0) is 12.8 Å². The van der Waals surface area contributed by atoms with Gasteiger partial charge in [-0.25, -0.2) is 9.59 Å². The van der Waals surface area contributed by atoms with Crippen molar-refractivity contribution in [3.05, 3.63) is 0 Å². The van der Waals surface area contributed by atoms with Crippen LogP contribution in [-0.4, -0.2) is 46.7 Å². The Kier molecular flexibility index (Phi) is 2.22. The van der Waals surface area contributed by atoms with Crippen LogP contribution in [0.4, 0.5) is 9.59 Å². The van der Waals surface area contributed by atoms with Gasteiger partial charge in [0.1, 0.15) is 6.04 Å². The molecule has 0 radical (unpaired) electrons. The van der Waals surface area contributed by atoms with E-state index in [0.717, 1.165) is 6.42 Å². The smallest absolute Gasteiger partial charge is 0.407 e. The number of nitrogens with zero attached hydrogens (tertiary/aromatic N) is 1. The number of hydrogen-bond acceptors (Lipinski definition) is 3. The molecule has 2 aliphatic heterocycles. The second-order valence-electron chi connectivity index (χ2n) is 3.63. The van der Waals surface area contributed by atoms with E-state index in [2.05, 4.69) is 10.6 Å². The molecule has 3 N–H and O–H groups in total. The zero-order valence-electron chi connectivity index (χ0n) is 7.90. The Morgan fingerprint density at radius 1 is 1.47 bits per heavy atom. The van der Waals surface area contributed by atoms with E-state index in [0.29, 0.717) is 13.0 Å². The highest BCUT2D eigenvalue weighted by atomic mass is 16.4. The number of nitrogens with one attached hydrogen (secondary N) is 2. The van der Waals surface area contributed by atoms with Gasteiger partial charge >= 0.3 is 12.1 Å². The quantitative estimate of drug-likeness (QED) is 0.503. The molecule has 82 valence electrons. The average Bonchev–Trinajstić information content (AvgIpc) is 2.71. The van der Waals surface area contributed by atoms with Crippen molar-refractivity contribution in [3.63, 3.8) is 0 Å². The van der Waals surface area contributed by atoms with Crippen LogP contribution in [0.2, 0.25) is 0 Å². The van der Waals surface area contributed by atoms with Gasteiger partial charge in [-0.15, -0.1) is 0 Å². The molecule has 0 saturated carbocycles. The van der Waals surface area contributed by atoms with Crippen molar-refractivity contribution in [1.82, 2.24) is 15.5 Å². The highest BCUT2D eigenvalue weighted by Crippen LogP contribution is 2.21. The van der Waals surface area contributed by atoms with Crippen molar-refractivity contribution in [2.24, 2.45) is 0 Å². The van der Waals surface area contributed by atoms with Gasteiger partial charge in [-0.1, -0.05) is 0 Å². The fraction of sp³-hybridized carbons (Fsp3) is 0.625. The van der Waals surface area contributed by atoms with Crippen molar-refractivity contribution in [3.8, 4) is 0 Å². The molecule has 7 heteroatoms. The van der Waals surface area contributed by atoms with Gasteiger partial charge in [0, 0.05) is 6.54 Å². The van der Waals surface area contributed by atoms with E-state index in [1.54, 1.807) is 0 Å². The first-order valence-corrected chi connectivity index (χ1v) is 4.70. The molecule has 0 unspecified atom stereocenters. The van der Waals surface area contributed by atoms with E-state index < -0.39 is 30.1 Å². The maximum atomic E-state index is 11.3. The number of carbonyl (C=O) groups excluding carboxylic acids is 2. The predicted molar refractivity (Wildman–Crippen MR) is 48.2 cm³/mol. The van der Waals surface area contributed by atoms with Gasteiger partial charge in [-0.3, -0.25) is 10.1 Å². The fourth-order valence-electron chi connectivity index (χ4n) is 2.08. The number of carbonyl (C=O) groups is 3. The molecule has 0 aromatic rings. The van der Waals surface area contributed by atoms with Gasteiger partial charge < -0.3 is 15.3 Å². The van der Waals surface area contributed by atoms with Crippen LogP contribution in [0.15, 0.2) is 0 Å². The monoisotopic (exact) mass is 213 g/mol. The number of carboxylic acid groups (broad SMARTS) is 1. The average molecular weight is 213 g/mol. The standard InChI is InChI=1S/C8H11N3O4/c12-6-5(9-7(13)10-6)4-2-1-3-11(4)8(14)15/h4-5H,1-3H2,(H,14,15)(H2,9,10,12,13)/t4-,5+/m1/s1. The Balaban J connectivity index is 2.13. The van der Waals surface area contributed by atoms with Crippen molar-refractivity contribution >= 4 is 18.0 Å². The van der Waals surface area contributed by atoms with Gasteiger partial charge in [0.2, 0.25) is 0 Å². The first kappa shape index (κ1) is 9.75. The molecule has 15 heavy (non-hydrogen) atoms. The summed E-state index contributed by atoms with van der Waals surface area (Å²) in [6.07, 6.45) is 0.271. The van der Waals surface area contributed by atoms with E-state index in [9.17, 15) is 14.4 Å². The largest absolute Gasteiger partial charge is 0.465 e. The minimum absolute atomic E-state index is 0.416. The van der Waals surface area contributed by atoms with Crippen LogP contribution in [0.1, 0.15) is 12.8 Å². The normalized spacial score (nSPS) is 30.3. The molecule has 0 aromatic carbocycles. The molecule has 4 amide bonds. The molecule has 0 bridgehead atoms. The molecule has 2 atom stereocenters. The Morgan fingerprint density at radius 3 is 2.73 bits per heavy atom. The lowest BCUT2D eigenvalue weighted by Crippen LogP contribution is -2.49. The molecule has 0 aliphatic carbocycles. The van der Waals surface area contributed by atoms with Crippen molar-refractivity contribution in [2.75, 3.05) is 6.54 Å². The van der Waals surface area contributed by atoms with Crippen LogP contribution in [0.5, 0.6) is 0 Å². The van der Waals surface area contributed by atoms with Crippen LogP contribution in [-0.2, 0) is 4.79 Å². The van der Waals surface area contributed by atoms with Crippen LogP contribution in [0.25, 0.3) is 0 Å². The SMILES string of the molecule is O=C1NC(=O)[C@H]([C@H]2CCCN2C(=O)O)N1. The maximum Gasteiger partial charge on any atom is 0.407 e. The van der Waals surface area contributed by atoms with Crippen LogP contribution < -0.4 is 10.6 Å². The summed E-state index contributed by atoms with van der Waals surface area (Å²) in [5.74, 6) is -0.446. The minimum atomic E-state index is -1.05. The highest BCUT2D eigenvalue weighted by molar-refractivity contribution is 6.04. The predicted octanol–water partition coefficient (Wildman–Crippen LogP) is -0.663. The molecule has 2 fully saturated rings. The Labute approximate surface area is 85.4 Å². The second-order valence-corrected chi connectivity index (χ2v) is 3.63. The van der Waals surface area contributed by atoms with Crippen molar-refractivity contribution in [1.29, 1.82) is 0 Å². The summed E-state index contributed by atoms with van der Waals surface area (Å²) < 4.78 is 0. The molecular weight excluding hydrogens is 202 g/mol. The van der Waals surface area contributed by atoms with Crippen LogP contribution in [0, 0.1) is 0 Å². The van der Waals surface area contributed by atoms with Crippen molar-refractivity contribution < 1.29 is 19.5 Å². The summed E-state index contributed by atoms with van der Waals surface area (Å²) in [6, 6.07) is -1.73. The third-order valence-electron chi connectivity index (χ3n) is 2.74. The van der Waals surface area contributed by atoms with Crippen molar-refractivity contribution in [2.45, 2.75) is 24.9 Å². The second kappa shape index (κ2) is 3.41. The van der Waals surface area contributed by atoms with E-state index >= 15 is 0 Å². The molecule has 2 heterocycles. The molecule has 0 aromatic heterocycles. The third kappa shape index (κ3) is 1.60. The summed E-state index contributed by atoms with van der Waals surface area (Å²) in [5.41, 5.74) is 0. The lowest BCUT2D eigenvalue weighted by molar-refractivity contribution is -0.121. The van der Waals surface area contributed by atoms with Crippen LogP contribution >= 0.6 is 0 Å². The van der Waals surface area contributed by atoms with Crippen LogP contribution in [0.3, 0.4) is 0 Å². The molecule has 0 spiro atoms. The number of rotatable bonds is 1. The van der Waals surface area contributed by atoms with Gasteiger partial charge in [-0.2, -0.15) is 0 Å². The summed E-state index contributed by atoms with van der Waals surface area (Å²) in [6.45, 7) is 0.416. The van der Waals surface area contributed by atoms with Gasteiger partial charge in [0.25, 0.3) is 5.91 Å². The first-order valence-electron chi connectivity index (χ1n) is 4.70. The van der Waals surface area contributed by atoms with E-state index in [-0.39, 0.29) is 0 Å². The Hall–Kier alpha value is -1.79. The highest BCUT2D eigenvalue weighted by Gasteiger charge is 2.42. The van der Waals surface area contributed by atoms with E-state index in [4.69, 9.17) is 5.11 Å². The molecule has 2 rings (SSSR count). The summed E-state index contributed by atoms with van der Waals surface area (Å²) in [5, 5.41) is 13.4. The van der Waals surface area contributed by atoms with E-state index in [1.807, 2.05) is 0 Å². The van der Waals surface area contributed by atoms with E-state index in [1.165, 1.54) is 4.90 Å². The number of amides is 4. The number of likely N-dealkylation sites (tertiary alicyclic amines) is 1. The Bertz CT molecular complexity index is 330. The first-order chi connectivity index (χ1) is 7.09. The molecular formula is C8H11N3O4. The topological polar surface area (TPSA) is 98.7 Å². The third-order valence-corrected chi connectivity index (χ3v) is 2.74. The molecule has 2 aliphatic rings. The maximum absolute atomic E-state index is 11.3. The summed E-state index contributed by atoms with van der Waals surface area (Å²) >= 11 is 0. The number of urea groups is 1.